The summed E-state index contributed by atoms with van der Waals surface area (Å²) >= 11 is 1.70. The van der Waals surface area contributed by atoms with Gasteiger partial charge in [0.25, 0.3) is 0 Å². The molecule has 0 unspecified atom stereocenters. The summed E-state index contributed by atoms with van der Waals surface area (Å²) in [7, 11) is 0. The second-order valence-corrected chi connectivity index (χ2v) is 7.35. The molecular formula is C21H25FIN5OS. The highest BCUT2D eigenvalue weighted by molar-refractivity contribution is 14.0. The number of rotatable bonds is 8. The van der Waals surface area contributed by atoms with Crippen LogP contribution in [-0.4, -0.2) is 22.5 Å². The number of pyridine rings is 1. The average Bonchev–Trinajstić information content (AvgIpc) is 3.19. The van der Waals surface area contributed by atoms with Gasteiger partial charge in [0.2, 0.25) is 5.88 Å². The second-order valence-electron chi connectivity index (χ2n) is 6.15. The predicted molar refractivity (Wildman–Crippen MR) is 129 cm³/mol. The molecule has 0 fully saturated rings. The van der Waals surface area contributed by atoms with Gasteiger partial charge in [-0.05, 0) is 31.5 Å². The van der Waals surface area contributed by atoms with Gasteiger partial charge in [0.1, 0.15) is 16.6 Å². The van der Waals surface area contributed by atoms with Crippen LogP contribution in [0.5, 0.6) is 11.6 Å². The summed E-state index contributed by atoms with van der Waals surface area (Å²) < 4.78 is 19.2. The van der Waals surface area contributed by atoms with Crippen LogP contribution in [0.3, 0.4) is 0 Å². The lowest BCUT2D eigenvalue weighted by atomic mass is 10.2. The Morgan fingerprint density at radius 2 is 2.03 bits per heavy atom. The van der Waals surface area contributed by atoms with Gasteiger partial charge in [0.05, 0.1) is 13.1 Å². The molecule has 3 rings (SSSR count). The Labute approximate surface area is 197 Å². The summed E-state index contributed by atoms with van der Waals surface area (Å²) in [6.07, 6.45) is 4.54. The van der Waals surface area contributed by atoms with Crippen molar-refractivity contribution in [3.05, 3.63) is 70.1 Å². The first-order valence-corrected chi connectivity index (χ1v) is 10.3. The van der Waals surface area contributed by atoms with E-state index in [1.807, 2.05) is 25.3 Å². The van der Waals surface area contributed by atoms with Gasteiger partial charge in [-0.3, -0.25) is 0 Å². The maximum absolute atomic E-state index is 13.4. The summed E-state index contributed by atoms with van der Waals surface area (Å²) in [6.45, 7) is 5.84. The highest BCUT2D eigenvalue weighted by Crippen LogP contribution is 2.24. The van der Waals surface area contributed by atoms with E-state index >= 15 is 0 Å². The SMILES string of the molecule is CCNC(=NCc1cccnc1Oc1cccc(F)c1)NCc1ncc(CC)s1.I. The van der Waals surface area contributed by atoms with Gasteiger partial charge >= 0.3 is 0 Å². The summed E-state index contributed by atoms with van der Waals surface area (Å²) in [5.74, 6) is 1.13. The number of ether oxygens (including phenoxy) is 1. The Morgan fingerprint density at radius 1 is 1.17 bits per heavy atom. The third-order valence-electron chi connectivity index (χ3n) is 3.97. The minimum atomic E-state index is -0.356. The summed E-state index contributed by atoms with van der Waals surface area (Å²) in [4.78, 5) is 14.6. The van der Waals surface area contributed by atoms with Crippen LogP contribution in [0, 0.1) is 5.82 Å². The van der Waals surface area contributed by atoms with E-state index in [2.05, 4.69) is 32.5 Å². The Balaban J connectivity index is 0.00000320. The molecule has 2 heterocycles. The zero-order valence-electron chi connectivity index (χ0n) is 16.9. The van der Waals surface area contributed by atoms with Crippen LogP contribution in [0.4, 0.5) is 4.39 Å². The molecule has 30 heavy (non-hydrogen) atoms. The number of halogens is 2. The summed E-state index contributed by atoms with van der Waals surface area (Å²) in [6, 6.07) is 9.70. The van der Waals surface area contributed by atoms with Gasteiger partial charge in [-0.1, -0.05) is 19.1 Å². The fraction of sp³-hybridized carbons (Fsp3) is 0.286. The van der Waals surface area contributed by atoms with Crippen molar-refractivity contribution < 1.29 is 9.13 Å². The van der Waals surface area contributed by atoms with Gasteiger partial charge in [-0.2, -0.15) is 0 Å². The molecule has 2 N–H and O–H groups in total. The van der Waals surface area contributed by atoms with E-state index in [1.165, 1.54) is 17.0 Å². The van der Waals surface area contributed by atoms with Crippen LogP contribution in [0.25, 0.3) is 0 Å². The Kier molecular flexibility index (Phi) is 9.95. The molecule has 0 bridgehead atoms. The van der Waals surface area contributed by atoms with Crippen molar-refractivity contribution >= 4 is 41.3 Å². The van der Waals surface area contributed by atoms with Gasteiger partial charge in [0.15, 0.2) is 5.96 Å². The first-order chi connectivity index (χ1) is 14.2. The van der Waals surface area contributed by atoms with Gasteiger partial charge in [0, 0.05) is 35.4 Å². The van der Waals surface area contributed by atoms with Gasteiger partial charge < -0.3 is 15.4 Å². The molecule has 0 aliphatic rings. The van der Waals surface area contributed by atoms with E-state index in [-0.39, 0.29) is 29.8 Å². The maximum atomic E-state index is 13.4. The Hall–Kier alpha value is -2.27. The second kappa shape index (κ2) is 12.4. The standard InChI is InChI=1S/C21H24FN5OS.HI/c1-3-18-13-25-19(29-18)14-27-21(23-4-2)26-12-15-7-6-10-24-20(15)28-17-9-5-8-16(22)11-17;/h5-11,13H,3-4,12,14H2,1-2H3,(H2,23,26,27);1H. The molecule has 160 valence electrons. The summed E-state index contributed by atoms with van der Waals surface area (Å²) in [5.41, 5.74) is 0.802. The normalized spacial score (nSPS) is 11.0. The molecule has 0 amide bonds. The van der Waals surface area contributed by atoms with Crippen LogP contribution in [0.1, 0.15) is 29.3 Å². The van der Waals surface area contributed by atoms with E-state index in [4.69, 9.17) is 4.74 Å². The van der Waals surface area contributed by atoms with E-state index in [9.17, 15) is 4.39 Å². The van der Waals surface area contributed by atoms with Crippen molar-refractivity contribution in [3.63, 3.8) is 0 Å². The summed E-state index contributed by atoms with van der Waals surface area (Å²) in [5, 5.41) is 7.54. The molecule has 0 aliphatic heterocycles. The molecule has 0 spiro atoms. The molecule has 0 radical (unpaired) electrons. The van der Waals surface area contributed by atoms with Crippen molar-refractivity contribution in [2.75, 3.05) is 6.54 Å². The number of nitrogens with one attached hydrogen (secondary N) is 2. The molecule has 1 aromatic carbocycles. The zero-order valence-corrected chi connectivity index (χ0v) is 20.0. The van der Waals surface area contributed by atoms with Crippen LogP contribution in [0.15, 0.2) is 53.8 Å². The monoisotopic (exact) mass is 541 g/mol. The lowest BCUT2D eigenvalue weighted by molar-refractivity contribution is 0.452. The minimum Gasteiger partial charge on any atom is -0.439 e. The maximum Gasteiger partial charge on any atom is 0.224 e. The third kappa shape index (κ3) is 7.21. The Bertz CT molecular complexity index is 966. The number of aliphatic imine (C=N–C) groups is 1. The quantitative estimate of drug-likeness (QED) is 0.241. The van der Waals surface area contributed by atoms with Gasteiger partial charge in [-0.25, -0.2) is 19.4 Å². The highest BCUT2D eigenvalue weighted by atomic mass is 127. The first kappa shape index (κ1) is 24.0. The molecule has 9 heteroatoms. The zero-order chi connectivity index (χ0) is 20.5. The molecular weight excluding hydrogens is 516 g/mol. The average molecular weight is 541 g/mol. The lowest BCUT2D eigenvalue weighted by Crippen LogP contribution is -2.36. The smallest absolute Gasteiger partial charge is 0.224 e. The molecule has 2 aromatic heterocycles. The number of hydrogen-bond acceptors (Lipinski definition) is 5. The van der Waals surface area contributed by atoms with Crippen LogP contribution < -0.4 is 15.4 Å². The van der Waals surface area contributed by atoms with Crippen molar-refractivity contribution in [1.29, 1.82) is 0 Å². The fourth-order valence-electron chi connectivity index (χ4n) is 2.54. The largest absolute Gasteiger partial charge is 0.439 e. The molecule has 0 atom stereocenters. The number of guanidine groups is 1. The fourth-order valence-corrected chi connectivity index (χ4v) is 3.34. The molecule has 0 saturated heterocycles. The van der Waals surface area contributed by atoms with E-state index in [0.717, 1.165) is 23.5 Å². The number of thiazole rings is 1. The molecule has 0 aliphatic carbocycles. The number of benzene rings is 1. The number of aryl methyl sites for hydroxylation is 1. The first-order valence-electron chi connectivity index (χ1n) is 9.51. The van der Waals surface area contributed by atoms with E-state index in [1.54, 1.807) is 29.7 Å². The third-order valence-corrected chi connectivity index (χ3v) is 5.11. The minimum absolute atomic E-state index is 0. The highest BCUT2D eigenvalue weighted by Gasteiger charge is 2.08. The van der Waals surface area contributed by atoms with Crippen LogP contribution >= 0.6 is 35.3 Å². The van der Waals surface area contributed by atoms with Gasteiger partial charge in [-0.15, -0.1) is 35.3 Å². The van der Waals surface area contributed by atoms with Crippen molar-refractivity contribution in [1.82, 2.24) is 20.6 Å². The Morgan fingerprint density at radius 3 is 2.77 bits per heavy atom. The predicted octanol–water partition coefficient (Wildman–Crippen LogP) is 4.91. The van der Waals surface area contributed by atoms with Crippen molar-refractivity contribution in [2.45, 2.75) is 33.4 Å². The van der Waals surface area contributed by atoms with E-state index in [0.29, 0.717) is 30.7 Å². The lowest BCUT2D eigenvalue weighted by Gasteiger charge is -2.11. The topological polar surface area (TPSA) is 71.4 Å². The van der Waals surface area contributed by atoms with Crippen molar-refractivity contribution in [3.8, 4) is 11.6 Å². The number of hydrogen-bond donors (Lipinski definition) is 2. The van der Waals surface area contributed by atoms with Crippen LogP contribution in [0.2, 0.25) is 0 Å². The van der Waals surface area contributed by atoms with Crippen molar-refractivity contribution in [2.24, 2.45) is 4.99 Å². The number of aromatic nitrogens is 2. The number of nitrogens with zero attached hydrogens (tertiary/aromatic N) is 3. The molecule has 0 saturated carbocycles. The molecule has 3 aromatic rings. The van der Waals surface area contributed by atoms with Crippen LogP contribution in [-0.2, 0) is 19.5 Å². The molecule has 6 nitrogen and oxygen atoms in total. The van der Waals surface area contributed by atoms with E-state index < -0.39 is 0 Å².